The molecule has 0 radical (unpaired) electrons. The maximum Gasteiger partial charge on any atom is 0.311 e. The van der Waals surface area contributed by atoms with Crippen LogP contribution in [0.3, 0.4) is 0 Å². The normalized spacial score (nSPS) is 10.3. The average Bonchev–Trinajstić information content (AvgIpc) is 2.37. The fourth-order valence-corrected chi connectivity index (χ4v) is 2.14. The Hall–Kier alpha value is -2.07. The Bertz CT molecular complexity index is 635. The van der Waals surface area contributed by atoms with Crippen LogP contribution in [0.1, 0.15) is 16.7 Å². The van der Waals surface area contributed by atoms with Gasteiger partial charge in [0.1, 0.15) is 6.61 Å². The number of benzene rings is 2. The van der Waals surface area contributed by atoms with Gasteiger partial charge in [0.2, 0.25) is 0 Å². The lowest BCUT2D eigenvalue weighted by Crippen LogP contribution is -2.02. The SMILES string of the molecule is Cc1cccc(C)c1COc1cc(Cl)ccc1[N+](=O)[O-]. The molecule has 0 heterocycles. The molecule has 0 aromatic heterocycles. The highest BCUT2D eigenvalue weighted by Gasteiger charge is 2.16. The van der Waals surface area contributed by atoms with E-state index in [-0.39, 0.29) is 18.0 Å². The summed E-state index contributed by atoms with van der Waals surface area (Å²) in [5.74, 6) is 0.185. The number of hydrogen-bond donors (Lipinski definition) is 0. The van der Waals surface area contributed by atoms with Crippen molar-refractivity contribution in [3.05, 3.63) is 68.2 Å². The number of hydrogen-bond acceptors (Lipinski definition) is 3. The summed E-state index contributed by atoms with van der Waals surface area (Å²) in [5, 5.41) is 11.4. The summed E-state index contributed by atoms with van der Waals surface area (Å²) in [6.45, 7) is 4.25. The molecule has 0 unspecified atom stereocenters. The molecule has 0 N–H and O–H groups in total. The molecule has 20 heavy (non-hydrogen) atoms. The molecule has 2 aromatic rings. The quantitative estimate of drug-likeness (QED) is 0.618. The molecule has 0 amide bonds. The van der Waals surface area contributed by atoms with Crippen LogP contribution in [0, 0.1) is 24.0 Å². The van der Waals surface area contributed by atoms with Crippen molar-refractivity contribution in [2.75, 3.05) is 0 Å². The number of aryl methyl sites for hydroxylation is 2. The zero-order chi connectivity index (χ0) is 14.7. The number of halogens is 1. The van der Waals surface area contributed by atoms with Crippen LogP contribution < -0.4 is 4.74 Å². The zero-order valence-electron chi connectivity index (χ0n) is 11.2. The first-order valence-corrected chi connectivity index (χ1v) is 6.48. The van der Waals surface area contributed by atoms with Crippen LogP contribution in [0.25, 0.3) is 0 Å². The lowest BCUT2D eigenvalue weighted by molar-refractivity contribution is -0.385. The van der Waals surface area contributed by atoms with Crippen molar-refractivity contribution >= 4 is 17.3 Å². The molecule has 0 saturated carbocycles. The van der Waals surface area contributed by atoms with Gasteiger partial charge in [-0.1, -0.05) is 29.8 Å². The first-order chi connectivity index (χ1) is 9.49. The van der Waals surface area contributed by atoms with E-state index in [1.54, 1.807) is 0 Å². The third-order valence-corrected chi connectivity index (χ3v) is 3.37. The molecule has 0 aliphatic rings. The van der Waals surface area contributed by atoms with E-state index in [2.05, 4.69) is 0 Å². The Morgan fingerprint density at radius 2 is 1.85 bits per heavy atom. The highest BCUT2D eigenvalue weighted by Crippen LogP contribution is 2.31. The number of nitro benzene ring substituents is 1. The number of nitro groups is 1. The van der Waals surface area contributed by atoms with E-state index < -0.39 is 4.92 Å². The Morgan fingerprint density at radius 1 is 1.20 bits per heavy atom. The van der Waals surface area contributed by atoms with Gasteiger partial charge in [-0.2, -0.15) is 0 Å². The third-order valence-electron chi connectivity index (χ3n) is 3.14. The summed E-state index contributed by atoms with van der Waals surface area (Å²) >= 11 is 5.86. The van der Waals surface area contributed by atoms with Crippen molar-refractivity contribution in [2.45, 2.75) is 20.5 Å². The van der Waals surface area contributed by atoms with Crippen molar-refractivity contribution in [3.8, 4) is 5.75 Å². The second-order valence-corrected chi connectivity index (χ2v) is 4.96. The van der Waals surface area contributed by atoms with Crippen LogP contribution in [-0.2, 0) is 6.61 Å². The summed E-state index contributed by atoms with van der Waals surface area (Å²) in [7, 11) is 0. The van der Waals surface area contributed by atoms with Gasteiger partial charge in [-0.3, -0.25) is 10.1 Å². The van der Waals surface area contributed by atoms with Crippen LogP contribution in [0.2, 0.25) is 5.02 Å². The summed E-state index contributed by atoms with van der Waals surface area (Å²) in [6, 6.07) is 10.2. The fraction of sp³-hybridized carbons (Fsp3) is 0.200. The van der Waals surface area contributed by atoms with Gasteiger partial charge < -0.3 is 4.74 Å². The first kappa shape index (κ1) is 14.3. The van der Waals surface area contributed by atoms with Crippen LogP contribution in [0.4, 0.5) is 5.69 Å². The molecule has 0 spiro atoms. The Morgan fingerprint density at radius 3 is 2.45 bits per heavy atom. The summed E-state index contributed by atoms with van der Waals surface area (Å²) in [6.07, 6.45) is 0. The van der Waals surface area contributed by atoms with Crippen LogP contribution in [0.15, 0.2) is 36.4 Å². The van der Waals surface area contributed by atoms with Gasteiger partial charge in [0.15, 0.2) is 5.75 Å². The Labute approximate surface area is 122 Å². The van der Waals surface area contributed by atoms with E-state index in [9.17, 15) is 10.1 Å². The van der Waals surface area contributed by atoms with Crippen molar-refractivity contribution in [3.63, 3.8) is 0 Å². The molecule has 2 aromatic carbocycles. The number of ether oxygens (including phenoxy) is 1. The lowest BCUT2D eigenvalue weighted by atomic mass is 10.0. The zero-order valence-corrected chi connectivity index (χ0v) is 12.0. The summed E-state index contributed by atoms with van der Waals surface area (Å²) in [5.41, 5.74) is 3.13. The molecule has 2 rings (SSSR count). The van der Waals surface area contributed by atoms with Crippen molar-refractivity contribution in [1.82, 2.24) is 0 Å². The van der Waals surface area contributed by atoms with Crippen molar-refractivity contribution < 1.29 is 9.66 Å². The standard InChI is InChI=1S/C15H14ClNO3/c1-10-4-3-5-11(2)13(10)9-20-15-8-12(16)6-7-14(15)17(18)19/h3-8H,9H2,1-2H3. The number of nitrogens with zero attached hydrogens (tertiary/aromatic N) is 1. The predicted octanol–water partition coefficient (Wildman–Crippen LogP) is 4.44. The Balaban J connectivity index is 2.27. The molecular weight excluding hydrogens is 278 g/mol. The monoisotopic (exact) mass is 291 g/mol. The van der Waals surface area contributed by atoms with E-state index in [4.69, 9.17) is 16.3 Å². The molecule has 0 aliphatic carbocycles. The fourth-order valence-electron chi connectivity index (χ4n) is 1.98. The molecule has 0 bridgehead atoms. The molecule has 5 heteroatoms. The van der Waals surface area contributed by atoms with Crippen molar-refractivity contribution in [1.29, 1.82) is 0 Å². The lowest BCUT2D eigenvalue weighted by Gasteiger charge is -2.11. The van der Waals surface area contributed by atoms with E-state index in [0.717, 1.165) is 16.7 Å². The molecule has 4 nitrogen and oxygen atoms in total. The maximum absolute atomic E-state index is 11.0. The minimum Gasteiger partial charge on any atom is -0.482 e. The summed E-state index contributed by atoms with van der Waals surface area (Å²) in [4.78, 5) is 10.5. The highest BCUT2D eigenvalue weighted by atomic mass is 35.5. The maximum atomic E-state index is 11.0. The molecule has 104 valence electrons. The molecule has 0 fully saturated rings. The van der Waals surface area contributed by atoms with Gasteiger partial charge >= 0.3 is 5.69 Å². The smallest absolute Gasteiger partial charge is 0.311 e. The Kier molecular flexibility index (Phi) is 4.25. The van der Waals surface area contributed by atoms with Crippen LogP contribution in [0.5, 0.6) is 5.75 Å². The first-order valence-electron chi connectivity index (χ1n) is 6.11. The molecule has 0 saturated heterocycles. The van der Waals surface area contributed by atoms with Crippen molar-refractivity contribution in [2.24, 2.45) is 0 Å². The highest BCUT2D eigenvalue weighted by molar-refractivity contribution is 6.30. The van der Waals surface area contributed by atoms with Gasteiger partial charge in [0, 0.05) is 17.2 Å². The second kappa shape index (κ2) is 5.92. The van der Waals surface area contributed by atoms with Gasteiger partial charge in [0.25, 0.3) is 0 Å². The van der Waals surface area contributed by atoms with Gasteiger partial charge in [-0.05, 0) is 36.6 Å². The van der Waals surface area contributed by atoms with Gasteiger partial charge in [-0.25, -0.2) is 0 Å². The molecule has 0 atom stereocenters. The largest absolute Gasteiger partial charge is 0.482 e. The predicted molar refractivity (Wildman–Crippen MR) is 78.4 cm³/mol. The average molecular weight is 292 g/mol. The second-order valence-electron chi connectivity index (χ2n) is 4.53. The van der Waals surface area contributed by atoms with E-state index >= 15 is 0 Å². The number of rotatable bonds is 4. The summed E-state index contributed by atoms with van der Waals surface area (Å²) < 4.78 is 5.60. The van der Waals surface area contributed by atoms with E-state index in [0.29, 0.717) is 5.02 Å². The van der Waals surface area contributed by atoms with Crippen LogP contribution in [-0.4, -0.2) is 4.92 Å². The minimum absolute atomic E-state index is 0.0827. The van der Waals surface area contributed by atoms with Crippen LogP contribution >= 0.6 is 11.6 Å². The van der Waals surface area contributed by atoms with E-state index in [1.165, 1.54) is 18.2 Å². The molecular formula is C15H14ClNO3. The van der Waals surface area contributed by atoms with E-state index in [1.807, 2.05) is 32.0 Å². The third kappa shape index (κ3) is 3.08. The van der Waals surface area contributed by atoms with Gasteiger partial charge in [0.05, 0.1) is 4.92 Å². The van der Waals surface area contributed by atoms with Gasteiger partial charge in [-0.15, -0.1) is 0 Å². The topological polar surface area (TPSA) is 52.4 Å². The minimum atomic E-state index is -0.476. The molecule has 0 aliphatic heterocycles.